The summed E-state index contributed by atoms with van der Waals surface area (Å²) in [6.07, 6.45) is 2.22. The molecular formula is C39H29Cl2FIN3O6. The molecule has 13 heteroatoms. The fourth-order valence-electron chi connectivity index (χ4n) is 8.79. The van der Waals surface area contributed by atoms with Gasteiger partial charge >= 0.3 is 0 Å². The van der Waals surface area contributed by atoms with Crippen LogP contribution in [0.5, 0.6) is 11.5 Å². The lowest BCUT2D eigenvalue weighted by Gasteiger charge is -2.50. The number of carbonyl (C=O) groups excluding carboxylic acids is 4. The number of aromatic hydroxyl groups is 1. The van der Waals surface area contributed by atoms with Crippen LogP contribution >= 0.6 is 45.8 Å². The van der Waals surface area contributed by atoms with E-state index in [1.165, 1.54) is 36.3 Å². The molecule has 2 N–H and O–H groups in total. The number of nitrogens with one attached hydrogen (secondary N) is 1. The zero-order valence-electron chi connectivity index (χ0n) is 27.4. The van der Waals surface area contributed by atoms with Gasteiger partial charge in [-0.15, -0.1) is 0 Å². The molecule has 6 atom stereocenters. The number of anilines is 2. The maximum atomic E-state index is 15.3. The third-order valence-corrected chi connectivity index (χ3v) is 12.2. The van der Waals surface area contributed by atoms with Crippen LogP contribution < -0.4 is 15.1 Å². The van der Waals surface area contributed by atoms with Gasteiger partial charge in [-0.2, -0.15) is 5.01 Å². The van der Waals surface area contributed by atoms with Crippen molar-refractivity contribution in [3.05, 3.63) is 127 Å². The fraction of sp³-hybridized carbons (Fsp3) is 0.231. The van der Waals surface area contributed by atoms with Crippen LogP contribution in [0.2, 0.25) is 10.0 Å². The number of imide groups is 2. The van der Waals surface area contributed by atoms with Crippen molar-refractivity contribution in [1.82, 2.24) is 5.01 Å². The largest absolute Gasteiger partial charge is 0.503 e. The van der Waals surface area contributed by atoms with E-state index in [1.54, 1.807) is 48.5 Å². The Morgan fingerprint density at radius 2 is 1.60 bits per heavy atom. The number of phenolic OH excluding ortho intramolecular Hbond substituents is 1. The van der Waals surface area contributed by atoms with Crippen molar-refractivity contribution < 1.29 is 33.4 Å². The van der Waals surface area contributed by atoms with Gasteiger partial charge in [-0.3, -0.25) is 29.5 Å². The topological polar surface area (TPSA) is 116 Å². The summed E-state index contributed by atoms with van der Waals surface area (Å²) in [5, 5.41) is 12.1. The summed E-state index contributed by atoms with van der Waals surface area (Å²) < 4.78 is 20.3. The van der Waals surface area contributed by atoms with Crippen molar-refractivity contribution in [2.75, 3.05) is 17.4 Å². The van der Waals surface area contributed by atoms with Gasteiger partial charge in [0, 0.05) is 14.5 Å². The van der Waals surface area contributed by atoms with Crippen LogP contribution in [0.3, 0.4) is 0 Å². The standard InChI is InChI=1S/C39H29Cl2FIN3O6/c1-52-31-17-19(16-30(41)34(31)47)33-26-14-15-27-32(37(50)45(35(27)48)25-12-8-23(43)9-13-25)28(26)18-29-36(49)46(44-24-10-6-22(42)7-11-24)38(51)39(29,33)20-2-4-21(40)5-3-20/h2-14,16-17,27-29,32-33,44,47H,15,18H2,1H3. The number of benzene rings is 4. The predicted octanol–water partition coefficient (Wildman–Crippen LogP) is 7.64. The van der Waals surface area contributed by atoms with Crippen molar-refractivity contribution in [2.45, 2.75) is 24.2 Å². The number of phenols is 1. The van der Waals surface area contributed by atoms with Gasteiger partial charge in [0.1, 0.15) is 5.82 Å². The smallest absolute Gasteiger partial charge is 0.260 e. The number of ether oxygens (including phenoxy) is 1. The summed E-state index contributed by atoms with van der Waals surface area (Å²) in [5.41, 5.74) is 3.74. The van der Waals surface area contributed by atoms with Crippen molar-refractivity contribution in [3.63, 3.8) is 0 Å². The summed E-state index contributed by atoms with van der Waals surface area (Å²) in [4.78, 5) is 59.8. The molecule has 4 aliphatic rings. The van der Waals surface area contributed by atoms with E-state index >= 15 is 4.79 Å². The maximum absolute atomic E-state index is 15.3. The minimum atomic E-state index is -1.61. The first-order chi connectivity index (χ1) is 24.9. The van der Waals surface area contributed by atoms with E-state index in [2.05, 4.69) is 28.0 Å². The number of halogens is 4. The van der Waals surface area contributed by atoms with Crippen LogP contribution in [0.25, 0.3) is 0 Å². The number of fused-ring (bicyclic) bond motifs is 4. The molecule has 0 aromatic heterocycles. The molecule has 8 rings (SSSR count). The Kier molecular flexibility index (Phi) is 8.58. The first-order valence-corrected chi connectivity index (χ1v) is 18.4. The number of rotatable bonds is 6. The van der Waals surface area contributed by atoms with Crippen LogP contribution in [-0.2, 0) is 24.6 Å². The quantitative estimate of drug-likeness (QED) is 0.116. The number of nitrogens with zero attached hydrogens (tertiary/aromatic N) is 2. The Morgan fingerprint density at radius 3 is 2.27 bits per heavy atom. The van der Waals surface area contributed by atoms with Gasteiger partial charge in [-0.25, -0.2) is 4.39 Å². The summed E-state index contributed by atoms with van der Waals surface area (Å²) in [7, 11) is 1.38. The minimum Gasteiger partial charge on any atom is -0.503 e. The molecule has 6 unspecified atom stereocenters. The molecule has 2 saturated heterocycles. The SMILES string of the molecule is COc1cc(C2C3=CCC4C(=O)N(c5ccc(I)cc5)C(=O)C4C3CC3C(=O)N(Nc4ccc(F)cc4)C(=O)C32c2ccc(Cl)cc2)cc(Cl)c1O. The number of amides is 4. The maximum Gasteiger partial charge on any atom is 0.260 e. The Bertz CT molecular complexity index is 2200. The average Bonchev–Trinajstić information content (AvgIpc) is 3.51. The van der Waals surface area contributed by atoms with Gasteiger partial charge in [-0.1, -0.05) is 47.0 Å². The number of hydrazine groups is 1. The van der Waals surface area contributed by atoms with E-state index in [1.807, 2.05) is 18.2 Å². The normalized spacial score (nSPS) is 26.6. The first-order valence-electron chi connectivity index (χ1n) is 16.5. The molecule has 52 heavy (non-hydrogen) atoms. The lowest BCUT2D eigenvalue weighted by molar-refractivity contribution is -0.138. The van der Waals surface area contributed by atoms with Crippen molar-refractivity contribution in [2.24, 2.45) is 23.7 Å². The number of carbonyl (C=O) groups is 4. The number of hydrogen-bond donors (Lipinski definition) is 2. The molecule has 0 spiro atoms. The van der Waals surface area contributed by atoms with Crippen molar-refractivity contribution >= 4 is 80.8 Å². The molecule has 0 bridgehead atoms. The van der Waals surface area contributed by atoms with Gasteiger partial charge in [0.25, 0.3) is 11.8 Å². The lowest BCUT2D eigenvalue weighted by atomic mass is 9.49. The highest BCUT2D eigenvalue weighted by Crippen LogP contribution is 2.64. The van der Waals surface area contributed by atoms with E-state index in [0.717, 1.165) is 8.58 Å². The van der Waals surface area contributed by atoms with Gasteiger partial charge in [0.2, 0.25) is 11.8 Å². The molecule has 264 valence electrons. The fourth-order valence-corrected chi connectivity index (χ4v) is 9.50. The second-order valence-electron chi connectivity index (χ2n) is 13.4. The third-order valence-electron chi connectivity index (χ3n) is 10.9. The molecule has 4 aromatic rings. The summed E-state index contributed by atoms with van der Waals surface area (Å²) >= 11 is 15.1. The van der Waals surface area contributed by atoms with E-state index in [9.17, 15) is 23.9 Å². The van der Waals surface area contributed by atoms with E-state index in [0.29, 0.717) is 33.1 Å². The Labute approximate surface area is 321 Å². The van der Waals surface area contributed by atoms with Crippen LogP contribution in [0.15, 0.2) is 96.6 Å². The van der Waals surface area contributed by atoms with Gasteiger partial charge in [-0.05, 0) is 125 Å². The molecule has 2 aliphatic carbocycles. The second kappa shape index (κ2) is 12.9. The van der Waals surface area contributed by atoms with Crippen molar-refractivity contribution in [3.8, 4) is 11.5 Å². The predicted molar refractivity (Wildman–Crippen MR) is 200 cm³/mol. The molecule has 4 aromatic carbocycles. The highest BCUT2D eigenvalue weighted by Gasteiger charge is 2.70. The average molecular weight is 852 g/mol. The molecular weight excluding hydrogens is 823 g/mol. The Hall–Kier alpha value is -4.46. The van der Waals surface area contributed by atoms with Crippen LogP contribution in [0.1, 0.15) is 29.9 Å². The van der Waals surface area contributed by atoms with Gasteiger partial charge < -0.3 is 9.84 Å². The highest BCUT2D eigenvalue weighted by atomic mass is 127. The number of methoxy groups -OCH3 is 1. The minimum absolute atomic E-state index is 0.0383. The number of hydrogen-bond acceptors (Lipinski definition) is 7. The summed E-state index contributed by atoms with van der Waals surface area (Å²) in [6, 6.07) is 22.2. The van der Waals surface area contributed by atoms with E-state index in [4.69, 9.17) is 27.9 Å². The number of allylic oxidation sites excluding steroid dienone is 2. The summed E-state index contributed by atoms with van der Waals surface area (Å²) in [5.74, 6) is -6.65. The first kappa shape index (κ1) is 34.6. The molecule has 0 radical (unpaired) electrons. The van der Waals surface area contributed by atoms with Crippen LogP contribution in [-0.4, -0.2) is 40.9 Å². The monoisotopic (exact) mass is 851 g/mol. The molecule has 9 nitrogen and oxygen atoms in total. The zero-order valence-corrected chi connectivity index (χ0v) is 31.0. The lowest BCUT2D eigenvalue weighted by Crippen LogP contribution is -2.53. The van der Waals surface area contributed by atoms with E-state index < -0.39 is 52.6 Å². The molecule has 2 aliphatic heterocycles. The molecule has 2 heterocycles. The summed E-state index contributed by atoms with van der Waals surface area (Å²) in [6.45, 7) is 0. The highest BCUT2D eigenvalue weighted by molar-refractivity contribution is 14.1. The molecule has 1 saturated carbocycles. The van der Waals surface area contributed by atoms with E-state index in [-0.39, 0.29) is 41.2 Å². The molecule has 3 fully saturated rings. The Balaban J connectivity index is 1.35. The third kappa shape index (κ3) is 5.14. The van der Waals surface area contributed by atoms with Gasteiger partial charge in [0.15, 0.2) is 11.5 Å². The Morgan fingerprint density at radius 1 is 0.904 bits per heavy atom. The van der Waals surface area contributed by atoms with Crippen LogP contribution in [0, 0.1) is 33.1 Å². The zero-order chi connectivity index (χ0) is 36.6. The van der Waals surface area contributed by atoms with Crippen molar-refractivity contribution in [1.29, 1.82) is 0 Å². The second-order valence-corrected chi connectivity index (χ2v) is 15.5. The van der Waals surface area contributed by atoms with Gasteiger partial charge in [0.05, 0.1) is 46.7 Å². The van der Waals surface area contributed by atoms with Crippen LogP contribution in [0.4, 0.5) is 15.8 Å². The molecule has 4 amide bonds.